The van der Waals surface area contributed by atoms with Gasteiger partial charge in [0.05, 0.1) is 12.1 Å². The van der Waals surface area contributed by atoms with Gasteiger partial charge in [0.1, 0.15) is 0 Å². The fourth-order valence-electron chi connectivity index (χ4n) is 2.33. The van der Waals surface area contributed by atoms with Crippen molar-refractivity contribution in [3.63, 3.8) is 0 Å². The largest absolute Gasteiger partial charge is 0.391 e. The molecule has 0 saturated carbocycles. The molecule has 3 heteroatoms. The third-order valence-corrected chi connectivity index (χ3v) is 3.35. The van der Waals surface area contributed by atoms with Crippen LogP contribution in [0.5, 0.6) is 0 Å². The molecule has 1 aromatic rings. The zero-order valence-corrected chi connectivity index (χ0v) is 10.9. The van der Waals surface area contributed by atoms with Gasteiger partial charge in [0.25, 0.3) is 0 Å². The Bertz CT molecular complexity index is 467. The molecule has 3 nitrogen and oxygen atoms in total. The highest BCUT2D eigenvalue weighted by Gasteiger charge is 2.28. The minimum atomic E-state index is -0.560. The summed E-state index contributed by atoms with van der Waals surface area (Å²) in [7, 11) is 0. The van der Waals surface area contributed by atoms with Gasteiger partial charge in [-0.1, -0.05) is 36.4 Å². The fourth-order valence-corrected chi connectivity index (χ4v) is 2.33. The molecule has 0 aromatic heterocycles. The monoisotopic (exact) mass is 257 g/mol. The second kappa shape index (κ2) is 6.34. The Kier molecular flexibility index (Phi) is 4.53. The number of carbonyl (C=O) groups is 1. The Hall–Kier alpha value is -1.87. The minimum Gasteiger partial charge on any atom is -0.391 e. The molecule has 2 unspecified atom stereocenters. The van der Waals surface area contributed by atoms with E-state index >= 15 is 0 Å². The molecule has 1 aliphatic heterocycles. The van der Waals surface area contributed by atoms with Crippen molar-refractivity contribution < 1.29 is 9.90 Å². The molecule has 0 radical (unpaired) electrons. The summed E-state index contributed by atoms with van der Waals surface area (Å²) in [6, 6.07) is 9.87. The molecular formula is C16H19NO2. The number of aliphatic hydroxyl groups is 1. The smallest absolute Gasteiger partial charge is 0.159 e. The van der Waals surface area contributed by atoms with Crippen LogP contribution in [0.2, 0.25) is 0 Å². The molecule has 2 rings (SSSR count). The van der Waals surface area contributed by atoms with Crippen molar-refractivity contribution in [3.05, 3.63) is 60.8 Å². The van der Waals surface area contributed by atoms with Crippen molar-refractivity contribution in [2.45, 2.75) is 31.5 Å². The normalized spacial score (nSPS) is 20.4. The third-order valence-electron chi connectivity index (χ3n) is 3.35. The van der Waals surface area contributed by atoms with Gasteiger partial charge in [0.15, 0.2) is 5.78 Å². The van der Waals surface area contributed by atoms with E-state index in [1.807, 2.05) is 35.2 Å². The highest BCUT2D eigenvalue weighted by Crippen LogP contribution is 2.20. The molecule has 0 spiro atoms. The number of carbonyl (C=O) groups excluding carboxylic acids is 1. The molecule has 0 saturated heterocycles. The van der Waals surface area contributed by atoms with E-state index in [1.54, 1.807) is 18.4 Å². The maximum Gasteiger partial charge on any atom is 0.159 e. The lowest BCUT2D eigenvalue weighted by molar-refractivity contribution is -0.117. The van der Waals surface area contributed by atoms with Crippen molar-refractivity contribution in [1.29, 1.82) is 0 Å². The molecule has 1 N–H and O–H groups in total. The summed E-state index contributed by atoms with van der Waals surface area (Å²) in [5.41, 5.74) is 1.16. The van der Waals surface area contributed by atoms with Crippen LogP contribution in [0.1, 0.15) is 18.4 Å². The Balaban J connectivity index is 2.13. The lowest BCUT2D eigenvalue weighted by atomic mass is 9.97. The molecule has 0 bridgehead atoms. The number of nitrogens with zero attached hydrogens (tertiary/aromatic N) is 1. The first-order chi connectivity index (χ1) is 9.20. The number of hydrogen-bond donors (Lipinski definition) is 1. The predicted molar refractivity (Wildman–Crippen MR) is 75.4 cm³/mol. The van der Waals surface area contributed by atoms with E-state index in [-0.39, 0.29) is 11.8 Å². The molecule has 0 aliphatic carbocycles. The third kappa shape index (κ3) is 3.55. The van der Waals surface area contributed by atoms with Gasteiger partial charge in [-0.15, -0.1) is 6.58 Å². The lowest BCUT2D eigenvalue weighted by Gasteiger charge is -2.35. The van der Waals surface area contributed by atoms with Crippen LogP contribution >= 0.6 is 0 Å². The van der Waals surface area contributed by atoms with E-state index in [2.05, 4.69) is 6.58 Å². The summed E-state index contributed by atoms with van der Waals surface area (Å²) in [6.45, 7) is 4.34. The first kappa shape index (κ1) is 13.6. The number of benzene rings is 1. The molecule has 0 amide bonds. The number of aliphatic hydroxyl groups excluding tert-OH is 1. The number of allylic oxidation sites excluding steroid dienone is 1. The molecule has 2 atom stereocenters. The molecule has 19 heavy (non-hydrogen) atoms. The van der Waals surface area contributed by atoms with Crippen LogP contribution in [0, 0.1) is 0 Å². The lowest BCUT2D eigenvalue weighted by Crippen LogP contribution is -2.43. The Morgan fingerprint density at radius 1 is 1.42 bits per heavy atom. The van der Waals surface area contributed by atoms with Crippen LogP contribution in [0.3, 0.4) is 0 Å². The summed E-state index contributed by atoms with van der Waals surface area (Å²) in [4.78, 5) is 13.6. The number of rotatable bonds is 5. The van der Waals surface area contributed by atoms with Crippen molar-refractivity contribution in [2.75, 3.05) is 0 Å². The van der Waals surface area contributed by atoms with Crippen molar-refractivity contribution in [3.8, 4) is 0 Å². The maximum absolute atomic E-state index is 11.5. The van der Waals surface area contributed by atoms with Crippen molar-refractivity contribution in [2.24, 2.45) is 0 Å². The topological polar surface area (TPSA) is 40.5 Å². The van der Waals surface area contributed by atoms with Gasteiger partial charge in [-0.25, -0.2) is 0 Å². The standard InChI is InChI=1S/C16H19NO2/c1-2-6-16(19)15-11-14(18)9-10-17(15)12-13-7-4-3-5-8-13/h2-5,7-10,15-16,19H,1,6,11-12H2. The van der Waals surface area contributed by atoms with Crippen LogP contribution < -0.4 is 0 Å². The predicted octanol–water partition coefficient (Wildman–Crippen LogP) is 2.28. The first-order valence-electron chi connectivity index (χ1n) is 6.50. The van der Waals surface area contributed by atoms with Gasteiger partial charge >= 0.3 is 0 Å². The second-order valence-corrected chi connectivity index (χ2v) is 4.80. The molecule has 0 fully saturated rings. The van der Waals surface area contributed by atoms with Crippen LogP contribution in [0.25, 0.3) is 0 Å². The van der Waals surface area contributed by atoms with E-state index in [1.165, 1.54) is 0 Å². The maximum atomic E-state index is 11.5. The average Bonchev–Trinajstić information content (AvgIpc) is 2.42. The molecule has 100 valence electrons. The van der Waals surface area contributed by atoms with Crippen LogP contribution in [0.15, 0.2) is 55.3 Å². The van der Waals surface area contributed by atoms with E-state index in [0.29, 0.717) is 19.4 Å². The van der Waals surface area contributed by atoms with E-state index < -0.39 is 6.10 Å². The van der Waals surface area contributed by atoms with E-state index in [4.69, 9.17) is 0 Å². The zero-order chi connectivity index (χ0) is 13.7. The molecule has 1 heterocycles. The summed E-state index contributed by atoms with van der Waals surface area (Å²) < 4.78 is 0. The van der Waals surface area contributed by atoms with Crippen LogP contribution in [-0.2, 0) is 11.3 Å². The Labute approximate surface area is 113 Å². The summed E-state index contributed by atoms with van der Waals surface area (Å²) >= 11 is 0. The molecule has 1 aromatic carbocycles. The van der Waals surface area contributed by atoms with Crippen molar-refractivity contribution >= 4 is 5.78 Å². The quantitative estimate of drug-likeness (QED) is 0.823. The van der Waals surface area contributed by atoms with Crippen LogP contribution in [-0.4, -0.2) is 27.9 Å². The average molecular weight is 257 g/mol. The summed E-state index contributed by atoms with van der Waals surface area (Å²) in [5.74, 6) is 0.0671. The second-order valence-electron chi connectivity index (χ2n) is 4.80. The van der Waals surface area contributed by atoms with Gasteiger partial charge < -0.3 is 10.0 Å². The van der Waals surface area contributed by atoms with E-state index in [9.17, 15) is 9.90 Å². The van der Waals surface area contributed by atoms with Gasteiger partial charge in [0, 0.05) is 19.2 Å². The van der Waals surface area contributed by atoms with Gasteiger partial charge in [-0.05, 0) is 18.1 Å². The Morgan fingerprint density at radius 3 is 2.84 bits per heavy atom. The van der Waals surface area contributed by atoms with Gasteiger partial charge in [-0.3, -0.25) is 4.79 Å². The highest BCUT2D eigenvalue weighted by atomic mass is 16.3. The minimum absolute atomic E-state index is 0.0671. The van der Waals surface area contributed by atoms with E-state index in [0.717, 1.165) is 5.56 Å². The van der Waals surface area contributed by atoms with Gasteiger partial charge in [0.2, 0.25) is 0 Å². The number of hydrogen-bond acceptors (Lipinski definition) is 3. The molecular weight excluding hydrogens is 238 g/mol. The summed E-state index contributed by atoms with van der Waals surface area (Å²) in [5, 5.41) is 10.1. The molecule has 1 aliphatic rings. The highest BCUT2D eigenvalue weighted by molar-refractivity contribution is 5.90. The first-order valence-corrected chi connectivity index (χ1v) is 6.50. The fraction of sp³-hybridized carbons (Fsp3) is 0.312. The Morgan fingerprint density at radius 2 is 2.16 bits per heavy atom. The van der Waals surface area contributed by atoms with Gasteiger partial charge in [-0.2, -0.15) is 0 Å². The number of ketones is 1. The zero-order valence-electron chi connectivity index (χ0n) is 10.9. The van der Waals surface area contributed by atoms with Crippen molar-refractivity contribution in [1.82, 2.24) is 4.90 Å². The SMILES string of the molecule is C=CCC(O)C1CC(=O)C=CN1Cc1ccccc1. The van der Waals surface area contributed by atoms with Crippen LogP contribution in [0.4, 0.5) is 0 Å². The summed E-state index contributed by atoms with van der Waals surface area (Å²) in [6.07, 6.45) is 5.36.